The van der Waals surface area contributed by atoms with Crippen molar-refractivity contribution in [3.05, 3.63) is 252 Å². The van der Waals surface area contributed by atoms with Gasteiger partial charge in [0, 0.05) is 22.1 Å². The largest absolute Gasteiger partial charge is 0.228 e. The molecule has 2 nitrogen and oxygen atoms in total. The third-order valence-corrected chi connectivity index (χ3v) is 13.6. The van der Waals surface area contributed by atoms with Gasteiger partial charge in [-0.15, -0.1) is 0 Å². The topological polar surface area (TPSA) is 25.8 Å². The summed E-state index contributed by atoms with van der Waals surface area (Å²) in [4.78, 5) is 10.9. The molecule has 12 rings (SSSR count). The first-order chi connectivity index (χ1) is 30.5. The predicted molar refractivity (Wildman–Crippen MR) is 256 cm³/mol. The molecule has 2 heteroatoms. The number of hydrogen-bond donors (Lipinski definition) is 0. The fourth-order valence-corrected chi connectivity index (χ4v) is 10.9. The molecule has 0 amide bonds. The summed E-state index contributed by atoms with van der Waals surface area (Å²) in [5.74, 6) is 0.698. The molecule has 10 aromatic rings. The minimum atomic E-state index is -0.583. The van der Waals surface area contributed by atoms with Gasteiger partial charge in [0.25, 0.3) is 0 Å². The van der Waals surface area contributed by atoms with Crippen molar-refractivity contribution in [2.45, 2.75) is 24.7 Å². The van der Waals surface area contributed by atoms with Crippen LogP contribution in [0.5, 0.6) is 0 Å². The van der Waals surface area contributed by atoms with Crippen LogP contribution >= 0.6 is 0 Å². The Hall–Kier alpha value is -7.68. The zero-order chi connectivity index (χ0) is 41.4. The van der Waals surface area contributed by atoms with Crippen molar-refractivity contribution < 1.29 is 0 Å². The molecule has 0 aliphatic heterocycles. The van der Waals surface area contributed by atoms with E-state index >= 15 is 0 Å². The molecule has 0 fully saturated rings. The average molecular weight is 791 g/mol. The highest BCUT2D eigenvalue weighted by Crippen LogP contribution is 2.59. The summed E-state index contributed by atoms with van der Waals surface area (Å²) in [7, 11) is 0. The van der Waals surface area contributed by atoms with Crippen molar-refractivity contribution in [3.63, 3.8) is 0 Å². The van der Waals surface area contributed by atoms with E-state index in [1.807, 2.05) is 0 Å². The molecule has 0 N–H and O–H groups in total. The summed E-state index contributed by atoms with van der Waals surface area (Å²) in [5, 5.41) is 2.36. The summed E-state index contributed by atoms with van der Waals surface area (Å²) >= 11 is 0. The Morgan fingerprint density at radius 2 is 0.823 bits per heavy atom. The van der Waals surface area contributed by atoms with Crippen molar-refractivity contribution in [1.82, 2.24) is 9.97 Å². The average Bonchev–Trinajstić information content (AvgIpc) is 3.78. The van der Waals surface area contributed by atoms with Gasteiger partial charge in [0.05, 0.1) is 16.8 Å². The van der Waals surface area contributed by atoms with Gasteiger partial charge >= 0.3 is 0 Å². The lowest BCUT2D eigenvalue weighted by Gasteiger charge is -2.35. The van der Waals surface area contributed by atoms with Crippen LogP contribution in [0.15, 0.2) is 218 Å². The molecule has 0 saturated heterocycles. The highest BCUT2D eigenvalue weighted by atomic mass is 14.9. The Kier molecular flexibility index (Phi) is 8.14. The van der Waals surface area contributed by atoms with E-state index in [1.165, 1.54) is 72.1 Å². The quantitative estimate of drug-likeness (QED) is 0.168. The molecule has 0 atom stereocenters. The maximum atomic E-state index is 5.50. The van der Waals surface area contributed by atoms with Crippen molar-refractivity contribution in [3.8, 4) is 67.3 Å². The van der Waals surface area contributed by atoms with Crippen LogP contribution in [0.1, 0.15) is 47.2 Å². The van der Waals surface area contributed by atoms with E-state index in [1.54, 1.807) is 0 Å². The van der Waals surface area contributed by atoms with Crippen LogP contribution in [0.4, 0.5) is 0 Å². The highest BCUT2D eigenvalue weighted by Gasteiger charge is 2.47. The molecule has 2 aliphatic rings. The van der Waals surface area contributed by atoms with E-state index < -0.39 is 5.41 Å². The van der Waals surface area contributed by atoms with Crippen LogP contribution in [0, 0.1) is 0 Å². The molecule has 2 aliphatic carbocycles. The molecular formula is C60H42N2. The molecule has 9 aromatic carbocycles. The summed E-state index contributed by atoms with van der Waals surface area (Å²) in [5.41, 5.74) is 19.6. The number of rotatable bonds is 6. The Morgan fingerprint density at radius 1 is 0.339 bits per heavy atom. The zero-order valence-electron chi connectivity index (χ0n) is 34.7. The second-order valence-corrected chi connectivity index (χ2v) is 17.2. The van der Waals surface area contributed by atoms with Gasteiger partial charge < -0.3 is 0 Å². The van der Waals surface area contributed by atoms with Gasteiger partial charge in [0.1, 0.15) is 0 Å². The van der Waals surface area contributed by atoms with Crippen molar-refractivity contribution in [2.75, 3.05) is 0 Å². The van der Waals surface area contributed by atoms with Crippen LogP contribution in [0.3, 0.4) is 0 Å². The Bertz CT molecular complexity index is 3330. The smallest absolute Gasteiger partial charge is 0.160 e. The Labute approximate surface area is 362 Å². The van der Waals surface area contributed by atoms with Gasteiger partial charge in [0.2, 0.25) is 0 Å². The maximum Gasteiger partial charge on any atom is 0.160 e. The number of nitrogens with zero attached hydrogens (tertiary/aromatic N) is 2. The van der Waals surface area contributed by atoms with Gasteiger partial charge in [-0.2, -0.15) is 0 Å². The molecule has 0 bridgehead atoms. The summed E-state index contributed by atoms with van der Waals surface area (Å²) in [6, 6.07) is 79.6. The molecule has 1 heterocycles. The van der Waals surface area contributed by atoms with Crippen molar-refractivity contribution in [1.29, 1.82) is 0 Å². The van der Waals surface area contributed by atoms with Gasteiger partial charge in [-0.25, -0.2) is 9.97 Å². The molecule has 0 radical (unpaired) electrons. The number of benzene rings is 9. The van der Waals surface area contributed by atoms with Gasteiger partial charge in [-0.3, -0.25) is 0 Å². The van der Waals surface area contributed by atoms with E-state index in [0.29, 0.717) is 5.82 Å². The molecular weight excluding hydrogens is 749 g/mol. The fraction of sp³-hybridized carbons (Fsp3) is 0.0667. The lowest BCUT2D eigenvalue weighted by molar-refractivity contribution is 0.660. The van der Waals surface area contributed by atoms with E-state index in [2.05, 4.69) is 232 Å². The minimum absolute atomic E-state index is 0.0829. The van der Waals surface area contributed by atoms with Gasteiger partial charge in [-0.05, 0) is 83.6 Å². The lowest BCUT2D eigenvalue weighted by Crippen LogP contribution is -2.29. The summed E-state index contributed by atoms with van der Waals surface area (Å²) in [6.07, 6.45) is 0. The number of fused-ring (bicyclic) bond motifs is 7. The van der Waals surface area contributed by atoms with Gasteiger partial charge in [-0.1, -0.05) is 226 Å². The third-order valence-electron chi connectivity index (χ3n) is 13.6. The first-order valence-electron chi connectivity index (χ1n) is 21.6. The zero-order valence-corrected chi connectivity index (χ0v) is 34.7. The van der Waals surface area contributed by atoms with E-state index in [9.17, 15) is 0 Å². The lowest BCUT2D eigenvalue weighted by atomic mass is 9.66. The third kappa shape index (κ3) is 5.23. The van der Waals surface area contributed by atoms with E-state index in [4.69, 9.17) is 9.97 Å². The number of hydrogen-bond acceptors (Lipinski definition) is 2. The molecule has 0 unspecified atom stereocenters. The standard InChI is InChI=1S/C60H42N2/c1-59(2)51-33-16-15-29-49(51)56-47(30-19-35-53(56)59)44-36-37-46(43-27-13-12-26-42(43)44)54-38-55(62-58(61-54)39-20-6-3-7-21-39)50-32-18-31-48-45-28-14-17-34-52(45)60(57(48)50,40-22-8-4-9-23-40)41-24-10-5-11-25-41/h3-38H,1-2H3. The Balaban J connectivity index is 1.12. The van der Waals surface area contributed by atoms with Crippen molar-refractivity contribution in [2.24, 2.45) is 0 Å². The molecule has 1 aromatic heterocycles. The van der Waals surface area contributed by atoms with Crippen LogP contribution < -0.4 is 0 Å². The molecule has 0 saturated carbocycles. The molecule has 0 spiro atoms. The van der Waals surface area contributed by atoms with Crippen LogP contribution in [0.25, 0.3) is 78.1 Å². The van der Waals surface area contributed by atoms with E-state index in [0.717, 1.165) is 33.5 Å². The fourth-order valence-electron chi connectivity index (χ4n) is 10.9. The van der Waals surface area contributed by atoms with Crippen molar-refractivity contribution >= 4 is 10.8 Å². The second kappa shape index (κ2) is 13.9. The minimum Gasteiger partial charge on any atom is -0.228 e. The first kappa shape index (κ1) is 36.2. The number of aromatic nitrogens is 2. The summed E-state index contributed by atoms with van der Waals surface area (Å²) < 4.78 is 0. The second-order valence-electron chi connectivity index (χ2n) is 17.2. The van der Waals surface area contributed by atoms with Crippen LogP contribution in [0.2, 0.25) is 0 Å². The first-order valence-corrected chi connectivity index (χ1v) is 21.6. The van der Waals surface area contributed by atoms with E-state index in [-0.39, 0.29) is 5.41 Å². The van der Waals surface area contributed by atoms with Crippen LogP contribution in [-0.2, 0) is 10.8 Å². The molecule has 62 heavy (non-hydrogen) atoms. The Morgan fingerprint density at radius 3 is 1.53 bits per heavy atom. The molecule has 292 valence electrons. The van der Waals surface area contributed by atoms with Gasteiger partial charge in [0.15, 0.2) is 5.82 Å². The predicted octanol–water partition coefficient (Wildman–Crippen LogP) is 15.0. The normalized spacial score (nSPS) is 13.9. The highest BCUT2D eigenvalue weighted by molar-refractivity contribution is 6.08. The summed E-state index contributed by atoms with van der Waals surface area (Å²) in [6.45, 7) is 4.70. The van der Waals surface area contributed by atoms with Crippen LogP contribution in [-0.4, -0.2) is 9.97 Å². The monoisotopic (exact) mass is 790 g/mol. The maximum absolute atomic E-state index is 5.50. The SMILES string of the molecule is CC1(C)c2ccccc2-c2c(-c3ccc(-c4cc(-c5cccc6c5C(c5ccccc5)(c5ccccc5)c5ccccc5-6)nc(-c5ccccc5)n4)c4ccccc34)cccc21.